The second-order valence-electron chi connectivity index (χ2n) is 4.66. The van der Waals surface area contributed by atoms with E-state index in [4.69, 9.17) is 5.11 Å². The minimum Gasteiger partial charge on any atom is -0.477 e. The van der Waals surface area contributed by atoms with Crippen molar-refractivity contribution in [2.24, 2.45) is 0 Å². The van der Waals surface area contributed by atoms with Crippen molar-refractivity contribution in [3.63, 3.8) is 0 Å². The van der Waals surface area contributed by atoms with Gasteiger partial charge >= 0.3 is 5.97 Å². The normalized spacial score (nSPS) is 17.5. The summed E-state index contributed by atoms with van der Waals surface area (Å²) in [5, 5.41) is 12.4. The highest BCUT2D eigenvalue weighted by atomic mass is 16.4. The monoisotopic (exact) mass is 234 g/mol. The van der Waals surface area contributed by atoms with Crippen molar-refractivity contribution in [3.8, 4) is 0 Å². The molecule has 92 valence electrons. The van der Waals surface area contributed by atoms with Gasteiger partial charge in [0.15, 0.2) is 0 Å². The molecule has 1 fully saturated rings. The van der Waals surface area contributed by atoms with Gasteiger partial charge in [0.25, 0.3) is 0 Å². The summed E-state index contributed by atoms with van der Waals surface area (Å²) in [4.78, 5) is 14.9. The van der Waals surface area contributed by atoms with E-state index in [0.29, 0.717) is 6.54 Å². The highest BCUT2D eigenvalue weighted by Crippen LogP contribution is 2.34. The summed E-state index contributed by atoms with van der Waals surface area (Å²) in [5.41, 5.74) is 1.18. The molecule has 0 unspecified atom stereocenters. The number of rotatable bonds is 5. The molecule has 1 aliphatic rings. The number of pyridine rings is 1. The summed E-state index contributed by atoms with van der Waals surface area (Å²) >= 11 is 0. The van der Waals surface area contributed by atoms with E-state index in [1.807, 2.05) is 6.07 Å². The van der Waals surface area contributed by atoms with Gasteiger partial charge in [-0.25, -0.2) is 9.78 Å². The summed E-state index contributed by atoms with van der Waals surface area (Å²) in [5.74, 6) is -0.972. The Labute approximate surface area is 101 Å². The van der Waals surface area contributed by atoms with E-state index in [1.165, 1.54) is 25.3 Å². The molecule has 4 heteroatoms. The van der Waals surface area contributed by atoms with E-state index in [0.717, 1.165) is 12.1 Å². The van der Waals surface area contributed by atoms with Gasteiger partial charge in [-0.1, -0.05) is 13.0 Å². The quantitative estimate of drug-likeness (QED) is 0.820. The Morgan fingerprint density at radius 1 is 1.53 bits per heavy atom. The van der Waals surface area contributed by atoms with Gasteiger partial charge in [-0.15, -0.1) is 0 Å². The van der Waals surface area contributed by atoms with E-state index in [-0.39, 0.29) is 11.2 Å². The molecule has 1 saturated carbocycles. The standard InChI is InChI=1S/C13H18N2O2/c1-2-13(7-4-8-13)14-9-10-5-3-6-11(15-10)12(16)17/h3,5-6,14H,2,4,7-9H2,1H3,(H,16,17). The first-order valence-corrected chi connectivity index (χ1v) is 6.09. The predicted molar refractivity (Wildman–Crippen MR) is 64.9 cm³/mol. The molecule has 2 rings (SSSR count). The van der Waals surface area contributed by atoms with Crippen LogP contribution in [0.5, 0.6) is 0 Å². The van der Waals surface area contributed by atoms with E-state index in [9.17, 15) is 4.79 Å². The van der Waals surface area contributed by atoms with Gasteiger partial charge in [0.05, 0.1) is 5.69 Å². The number of nitrogens with one attached hydrogen (secondary N) is 1. The molecule has 1 heterocycles. The topological polar surface area (TPSA) is 62.2 Å². The molecule has 1 aromatic heterocycles. The number of hydrogen-bond acceptors (Lipinski definition) is 3. The fraction of sp³-hybridized carbons (Fsp3) is 0.538. The van der Waals surface area contributed by atoms with Crippen LogP contribution in [0.4, 0.5) is 0 Å². The smallest absolute Gasteiger partial charge is 0.354 e. The summed E-state index contributed by atoms with van der Waals surface area (Å²) in [6.45, 7) is 2.84. The molecule has 0 spiro atoms. The molecule has 1 aromatic rings. The van der Waals surface area contributed by atoms with Gasteiger partial charge in [-0.05, 0) is 37.8 Å². The van der Waals surface area contributed by atoms with Gasteiger partial charge in [0.1, 0.15) is 5.69 Å². The van der Waals surface area contributed by atoms with Crippen molar-refractivity contribution in [1.29, 1.82) is 0 Å². The number of nitrogens with zero attached hydrogens (tertiary/aromatic N) is 1. The molecule has 0 bridgehead atoms. The summed E-state index contributed by atoms with van der Waals surface area (Å²) in [6.07, 6.45) is 4.82. The van der Waals surface area contributed by atoms with Crippen LogP contribution in [0.15, 0.2) is 18.2 Å². The van der Waals surface area contributed by atoms with E-state index < -0.39 is 5.97 Å². The minimum atomic E-state index is -0.972. The molecule has 0 amide bonds. The van der Waals surface area contributed by atoms with Gasteiger partial charge in [-0.2, -0.15) is 0 Å². The van der Waals surface area contributed by atoms with E-state index in [2.05, 4.69) is 17.2 Å². The summed E-state index contributed by atoms with van der Waals surface area (Å²) in [7, 11) is 0. The van der Waals surface area contributed by atoms with Crippen molar-refractivity contribution in [2.45, 2.75) is 44.7 Å². The van der Waals surface area contributed by atoms with Crippen molar-refractivity contribution in [1.82, 2.24) is 10.3 Å². The molecule has 1 aliphatic carbocycles. The molecular weight excluding hydrogens is 216 g/mol. The van der Waals surface area contributed by atoms with E-state index in [1.54, 1.807) is 6.07 Å². The zero-order chi connectivity index (χ0) is 12.3. The molecule has 4 nitrogen and oxygen atoms in total. The summed E-state index contributed by atoms with van der Waals surface area (Å²) in [6, 6.07) is 5.12. The first-order valence-electron chi connectivity index (χ1n) is 6.09. The molecule has 0 atom stereocenters. The van der Waals surface area contributed by atoms with Gasteiger partial charge < -0.3 is 10.4 Å². The Hall–Kier alpha value is -1.42. The van der Waals surface area contributed by atoms with Crippen LogP contribution in [0.25, 0.3) is 0 Å². The molecular formula is C13H18N2O2. The number of hydrogen-bond donors (Lipinski definition) is 2. The van der Waals surface area contributed by atoms with Crippen molar-refractivity contribution in [3.05, 3.63) is 29.6 Å². The molecule has 2 N–H and O–H groups in total. The van der Waals surface area contributed by atoms with Crippen LogP contribution in [0, 0.1) is 0 Å². The Balaban J connectivity index is 1.99. The SMILES string of the molecule is CCC1(NCc2cccc(C(=O)O)n2)CCC1. The summed E-state index contributed by atoms with van der Waals surface area (Å²) < 4.78 is 0. The van der Waals surface area contributed by atoms with Crippen LogP contribution in [0.1, 0.15) is 48.8 Å². The lowest BCUT2D eigenvalue weighted by molar-refractivity contribution is 0.0690. The zero-order valence-electron chi connectivity index (χ0n) is 10.1. The molecule has 0 aromatic carbocycles. The maximum atomic E-state index is 10.8. The number of aromatic nitrogens is 1. The highest BCUT2D eigenvalue weighted by molar-refractivity contribution is 5.85. The fourth-order valence-electron chi connectivity index (χ4n) is 2.23. The predicted octanol–water partition coefficient (Wildman–Crippen LogP) is 2.20. The van der Waals surface area contributed by atoms with E-state index >= 15 is 0 Å². The number of carboxylic acid groups (broad SMARTS) is 1. The lowest BCUT2D eigenvalue weighted by Gasteiger charge is -2.42. The maximum absolute atomic E-state index is 10.8. The van der Waals surface area contributed by atoms with Crippen molar-refractivity contribution >= 4 is 5.97 Å². The Bertz CT molecular complexity index is 408. The molecule has 17 heavy (non-hydrogen) atoms. The number of carboxylic acids is 1. The van der Waals surface area contributed by atoms with Crippen molar-refractivity contribution < 1.29 is 9.90 Å². The zero-order valence-corrected chi connectivity index (χ0v) is 10.1. The maximum Gasteiger partial charge on any atom is 0.354 e. The van der Waals surface area contributed by atoms with Gasteiger partial charge in [-0.3, -0.25) is 0 Å². The largest absolute Gasteiger partial charge is 0.477 e. The highest BCUT2D eigenvalue weighted by Gasteiger charge is 2.34. The Morgan fingerprint density at radius 2 is 2.29 bits per heavy atom. The molecule has 0 saturated heterocycles. The average Bonchev–Trinajstić information content (AvgIpc) is 2.28. The second kappa shape index (κ2) is 4.84. The molecule has 0 radical (unpaired) electrons. The number of aromatic carboxylic acids is 1. The van der Waals surface area contributed by atoms with Crippen LogP contribution in [-0.4, -0.2) is 21.6 Å². The first kappa shape index (κ1) is 12.0. The Kier molecular flexibility index (Phi) is 3.43. The van der Waals surface area contributed by atoms with Crippen LogP contribution < -0.4 is 5.32 Å². The average molecular weight is 234 g/mol. The van der Waals surface area contributed by atoms with Gasteiger partial charge in [0.2, 0.25) is 0 Å². The third kappa shape index (κ3) is 2.64. The second-order valence-corrected chi connectivity index (χ2v) is 4.66. The van der Waals surface area contributed by atoms with Crippen LogP contribution in [0.2, 0.25) is 0 Å². The van der Waals surface area contributed by atoms with Crippen LogP contribution in [-0.2, 0) is 6.54 Å². The van der Waals surface area contributed by atoms with Crippen molar-refractivity contribution in [2.75, 3.05) is 0 Å². The third-order valence-electron chi connectivity index (χ3n) is 3.66. The Morgan fingerprint density at radius 3 is 2.82 bits per heavy atom. The fourth-order valence-corrected chi connectivity index (χ4v) is 2.23. The van der Waals surface area contributed by atoms with Gasteiger partial charge in [0, 0.05) is 12.1 Å². The lowest BCUT2D eigenvalue weighted by atomic mass is 9.75. The minimum absolute atomic E-state index is 0.114. The number of carbonyl (C=O) groups is 1. The molecule has 0 aliphatic heterocycles. The lowest BCUT2D eigenvalue weighted by Crippen LogP contribution is -2.50. The van der Waals surface area contributed by atoms with Crippen LogP contribution in [0.3, 0.4) is 0 Å². The first-order chi connectivity index (χ1) is 8.15. The third-order valence-corrected chi connectivity index (χ3v) is 3.66. The van der Waals surface area contributed by atoms with Crippen LogP contribution >= 0.6 is 0 Å².